The Bertz CT molecular complexity index is 1080. The summed E-state index contributed by atoms with van der Waals surface area (Å²) in [4.78, 5) is 42.2. The molecule has 39 heavy (non-hydrogen) atoms. The van der Waals surface area contributed by atoms with Gasteiger partial charge in [0, 0.05) is 33.6 Å². The SMILES string of the molecule is CNC(=O)C(Cc1ccccc1F)N(C)C(=O)C(COCc1ccccc1)N(C)C(=O)COCC1CCCN1. The average molecular weight is 543 g/mol. The summed E-state index contributed by atoms with van der Waals surface area (Å²) in [6, 6.07) is 13.8. The van der Waals surface area contributed by atoms with E-state index in [9.17, 15) is 18.8 Å². The van der Waals surface area contributed by atoms with Crippen molar-refractivity contribution in [3.8, 4) is 0 Å². The lowest BCUT2D eigenvalue weighted by atomic mass is 10.0. The Balaban J connectivity index is 1.73. The first-order valence-corrected chi connectivity index (χ1v) is 13.2. The van der Waals surface area contributed by atoms with Gasteiger partial charge < -0.3 is 29.9 Å². The lowest BCUT2D eigenvalue weighted by molar-refractivity contribution is -0.151. The molecule has 9 nitrogen and oxygen atoms in total. The molecule has 10 heteroatoms. The van der Waals surface area contributed by atoms with Gasteiger partial charge in [-0.15, -0.1) is 0 Å². The molecule has 0 bridgehead atoms. The highest BCUT2D eigenvalue weighted by atomic mass is 19.1. The summed E-state index contributed by atoms with van der Waals surface area (Å²) in [6.45, 7) is 1.31. The lowest BCUT2D eigenvalue weighted by Crippen LogP contribution is -2.56. The minimum absolute atomic E-state index is 0.0264. The van der Waals surface area contributed by atoms with Crippen LogP contribution in [0.25, 0.3) is 0 Å². The van der Waals surface area contributed by atoms with Crippen molar-refractivity contribution < 1.29 is 28.2 Å². The van der Waals surface area contributed by atoms with Crippen molar-refractivity contribution >= 4 is 17.7 Å². The molecule has 0 aliphatic carbocycles. The molecule has 1 saturated heterocycles. The number of carbonyl (C=O) groups is 3. The van der Waals surface area contributed by atoms with Crippen molar-refractivity contribution in [3.05, 3.63) is 71.5 Å². The molecule has 0 radical (unpaired) electrons. The Morgan fingerprint density at radius 3 is 2.41 bits per heavy atom. The topological polar surface area (TPSA) is 100 Å². The zero-order valence-electron chi connectivity index (χ0n) is 22.9. The van der Waals surface area contributed by atoms with Gasteiger partial charge >= 0.3 is 0 Å². The smallest absolute Gasteiger partial charge is 0.249 e. The minimum Gasteiger partial charge on any atom is -0.374 e. The third-order valence-corrected chi connectivity index (χ3v) is 6.98. The van der Waals surface area contributed by atoms with Crippen LogP contribution in [-0.2, 0) is 36.9 Å². The van der Waals surface area contributed by atoms with Crippen LogP contribution in [-0.4, -0.2) is 93.2 Å². The summed E-state index contributed by atoms with van der Waals surface area (Å²) in [6.07, 6.45) is 2.04. The summed E-state index contributed by atoms with van der Waals surface area (Å²) in [5, 5.41) is 5.87. The van der Waals surface area contributed by atoms with Crippen LogP contribution < -0.4 is 10.6 Å². The number of amides is 3. The maximum atomic E-state index is 14.4. The molecule has 2 N–H and O–H groups in total. The molecule has 0 aromatic heterocycles. The van der Waals surface area contributed by atoms with E-state index in [0.717, 1.165) is 24.9 Å². The van der Waals surface area contributed by atoms with Crippen molar-refractivity contribution in [2.75, 3.05) is 47.5 Å². The normalized spacial score (nSPS) is 16.4. The number of nitrogens with one attached hydrogen (secondary N) is 2. The van der Waals surface area contributed by atoms with Gasteiger partial charge in [0.25, 0.3) is 0 Å². The minimum atomic E-state index is -1.02. The maximum Gasteiger partial charge on any atom is 0.249 e. The molecular weight excluding hydrogens is 503 g/mol. The quantitative estimate of drug-likeness (QED) is 0.378. The standard InChI is InChI=1S/C29H39FN4O5/c1-31-28(36)25(16-22-12-7-8-14-24(22)30)34(3)29(37)26(19-38-17-21-10-5-4-6-11-21)33(2)27(35)20-39-18-23-13-9-15-32-23/h4-8,10-12,14,23,25-26,32H,9,13,15-20H2,1-3H3,(H,31,36). The average Bonchev–Trinajstić information content (AvgIpc) is 3.47. The van der Waals surface area contributed by atoms with Gasteiger partial charge in [-0.25, -0.2) is 4.39 Å². The van der Waals surface area contributed by atoms with Gasteiger partial charge in [0.1, 0.15) is 24.5 Å². The highest BCUT2D eigenvalue weighted by Gasteiger charge is 2.35. The van der Waals surface area contributed by atoms with Crippen LogP contribution in [0.15, 0.2) is 54.6 Å². The van der Waals surface area contributed by atoms with Crippen LogP contribution in [0.5, 0.6) is 0 Å². The van der Waals surface area contributed by atoms with E-state index in [4.69, 9.17) is 9.47 Å². The number of nitrogens with zero attached hydrogens (tertiary/aromatic N) is 2. The molecule has 1 aliphatic heterocycles. The number of ether oxygens (including phenoxy) is 2. The molecule has 2 aromatic rings. The number of benzene rings is 2. The van der Waals surface area contributed by atoms with Gasteiger partial charge in [-0.3, -0.25) is 14.4 Å². The van der Waals surface area contributed by atoms with E-state index in [0.29, 0.717) is 12.2 Å². The van der Waals surface area contributed by atoms with Gasteiger partial charge in [0.15, 0.2) is 0 Å². The van der Waals surface area contributed by atoms with Crippen LogP contribution in [0.1, 0.15) is 24.0 Å². The zero-order valence-corrected chi connectivity index (χ0v) is 22.9. The Morgan fingerprint density at radius 2 is 1.74 bits per heavy atom. The van der Waals surface area contributed by atoms with Crippen molar-refractivity contribution in [2.24, 2.45) is 0 Å². The molecule has 3 atom stereocenters. The molecule has 3 unspecified atom stereocenters. The highest BCUT2D eigenvalue weighted by Crippen LogP contribution is 2.15. The zero-order chi connectivity index (χ0) is 28.2. The number of rotatable bonds is 14. The predicted molar refractivity (Wildman–Crippen MR) is 145 cm³/mol. The van der Waals surface area contributed by atoms with Gasteiger partial charge in [-0.1, -0.05) is 48.5 Å². The van der Waals surface area contributed by atoms with Crippen molar-refractivity contribution in [3.63, 3.8) is 0 Å². The largest absolute Gasteiger partial charge is 0.374 e. The molecule has 3 rings (SSSR count). The Hall–Kier alpha value is -3.34. The summed E-state index contributed by atoms with van der Waals surface area (Å²) in [5.74, 6) is -1.79. The van der Waals surface area contributed by atoms with Crippen molar-refractivity contribution in [1.29, 1.82) is 0 Å². The highest BCUT2D eigenvalue weighted by molar-refractivity contribution is 5.92. The summed E-state index contributed by atoms with van der Waals surface area (Å²) >= 11 is 0. The van der Waals surface area contributed by atoms with Gasteiger partial charge in [0.05, 0.1) is 19.8 Å². The molecule has 1 aliphatic rings. The summed E-state index contributed by atoms with van der Waals surface area (Å²) < 4.78 is 25.9. The predicted octanol–water partition coefficient (Wildman–Crippen LogP) is 1.75. The first-order valence-electron chi connectivity index (χ1n) is 13.2. The second-order valence-corrected chi connectivity index (χ2v) is 9.70. The molecule has 0 spiro atoms. The molecular formula is C29H39FN4O5. The lowest BCUT2D eigenvalue weighted by Gasteiger charge is -2.34. The van der Waals surface area contributed by atoms with E-state index in [1.165, 1.54) is 37.0 Å². The monoisotopic (exact) mass is 542 g/mol. The van der Waals surface area contributed by atoms with Crippen LogP contribution >= 0.6 is 0 Å². The molecule has 1 fully saturated rings. The number of likely N-dealkylation sites (N-methyl/N-ethyl adjacent to an activating group) is 3. The number of halogens is 1. The second kappa shape index (κ2) is 15.3. The van der Waals surface area contributed by atoms with E-state index >= 15 is 0 Å². The number of hydrogen-bond acceptors (Lipinski definition) is 6. The molecule has 0 saturated carbocycles. The number of hydrogen-bond donors (Lipinski definition) is 2. The van der Waals surface area contributed by atoms with Crippen LogP contribution in [0.2, 0.25) is 0 Å². The second-order valence-electron chi connectivity index (χ2n) is 9.70. The Labute approximate surface area is 229 Å². The Morgan fingerprint density at radius 1 is 1.03 bits per heavy atom. The molecule has 3 amide bonds. The molecule has 2 aromatic carbocycles. The summed E-state index contributed by atoms with van der Waals surface area (Å²) in [5.41, 5.74) is 1.22. The van der Waals surface area contributed by atoms with E-state index in [2.05, 4.69) is 10.6 Å². The van der Waals surface area contributed by atoms with Crippen molar-refractivity contribution in [2.45, 2.75) is 44.0 Å². The third-order valence-electron chi connectivity index (χ3n) is 6.98. The fraction of sp³-hybridized carbons (Fsp3) is 0.483. The van der Waals surface area contributed by atoms with E-state index in [1.54, 1.807) is 18.2 Å². The first-order chi connectivity index (χ1) is 18.8. The fourth-order valence-corrected chi connectivity index (χ4v) is 4.51. The first kappa shape index (κ1) is 30.2. The van der Waals surface area contributed by atoms with Gasteiger partial charge in [0.2, 0.25) is 17.7 Å². The van der Waals surface area contributed by atoms with Crippen LogP contribution in [0.4, 0.5) is 4.39 Å². The van der Waals surface area contributed by atoms with Crippen LogP contribution in [0, 0.1) is 5.82 Å². The van der Waals surface area contributed by atoms with Gasteiger partial charge in [-0.05, 0) is 36.6 Å². The van der Waals surface area contributed by atoms with Crippen LogP contribution in [0.3, 0.4) is 0 Å². The van der Waals surface area contributed by atoms with E-state index < -0.39 is 29.7 Å². The van der Waals surface area contributed by atoms with Crippen molar-refractivity contribution in [1.82, 2.24) is 20.4 Å². The van der Waals surface area contributed by atoms with Gasteiger partial charge in [-0.2, -0.15) is 0 Å². The summed E-state index contributed by atoms with van der Waals surface area (Å²) in [7, 11) is 4.46. The molecule has 1 heterocycles. The van der Waals surface area contributed by atoms with E-state index in [-0.39, 0.29) is 38.2 Å². The molecule has 212 valence electrons. The fourth-order valence-electron chi connectivity index (χ4n) is 4.51. The number of carbonyl (C=O) groups excluding carboxylic acids is 3. The van der Waals surface area contributed by atoms with E-state index in [1.807, 2.05) is 30.3 Å². The Kier molecular flexibility index (Phi) is 11.9. The maximum absolute atomic E-state index is 14.4. The third kappa shape index (κ3) is 8.84.